The highest BCUT2D eigenvalue weighted by atomic mass is 16.2. The van der Waals surface area contributed by atoms with E-state index >= 15 is 0 Å². The summed E-state index contributed by atoms with van der Waals surface area (Å²) in [6.45, 7) is 3.93. The molecule has 2 heterocycles. The molecule has 0 saturated carbocycles. The van der Waals surface area contributed by atoms with Crippen molar-refractivity contribution in [2.24, 2.45) is 7.05 Å². The van der Waals surface area contributed by atoms with Crippen LogP contribution in [0, 0.1) is 13.8 Å². The average Bonchev–Trinajstić information content (AvgIpc) is 3.07. The molecule has 0 bridgehead atoms. The number of amides is 2. The van der Waals surface area contributed by atoms with Gasteiger partial charge >= 0.3 is 0 Å². The number of benzene rings is 1. The number of hydrogen-bond donors (Lipinski definition) is 2. The minimum Gasteiger partial charge on any atom is -0.342 e. The van der Waals surface area contributed by atoms with Crippen molar-refractivity contribution in [1.82, 2.24) is 20.1 Å². The van der Waals surface area contributed by atoms with Crippen LogP contribution in [0.3, 0.4) is 0 Å². The topological polar surface area (TPSA) is 88.9 Å². The second-order valence-corrected chi connectivity index (χ2v) is 6.30. The van der Waals surface area contributed by atoms with E-state index in [1.54, 1.807) is 13.1 Å². The number of nitrogens with one attached hydrogen (secondary N) is 2. The van der Waals surface area contributed by atoms with Crippen molar-refractivity contribution in [3.63, 3.8) is 0 Å². The molecule has 3 rings (SSSR count). The van der Waals surface area contributed by atoms with Crippen LogP contribution in [0.2, 0.25) is 0 Å². The van der Waals surface area contributed by atoms with Crippen molar-refractivity contribution in [1.29, 1.82) is 0 Å². The van der Waals surface area contributed by atoms with Crippen molar-refractivity contribution >= 4 is 17.5 Å². The summed E-state index contributed by atoms with van der Waals surface area (Å²) >= 11 is 0. The second-order valence-electron chi connectivity index (χ2n) is 6.30. The first-order valence-electron chi connectivity index (χ1n) is 8.53. The molecule has 7 heteroatoms. The number of aryl methyl sites for hydroxylation is 3. The van der Waals surface area contributed by atoms with Gasteiger partial charge in [0.15, 0.2) is 0 Å². The lowest BCUT2D eigenvalue weighted by Gasteiger charge is -2.11. The van der Waals surface area contributed by atoms with E-state index in [0.29, 0.717) is 11.4 Å². The highest BCUT2D eigenvalue weighted by Crippen LogP contribution is 2.27. The maximum absolute atomic E-state index is 12.1. The van der Waals surface area contributed by atoms with Gasteiger partial charge in [-0.3, -0.25) is 19.3 Å². The number of rotatable bonds is 5. The normalized spacial score (nSPS) is 10.5. The minimum atomic E-state index is -0.343. The summed E-state index contributed by atoms with van der Waals surface area (Å²) in [5, 5.41) is 9.29. The molecule has 2 N–H and O–H groups in total. The van der Waals surface area contributed by atoms with E-state index in [0.717, 1.165) is 22.3 Å². The largest absolute Gasteiger partial charge is 0.342 e. The highest BCUT2D eigenvalue weighted by molar-refractivity contribution is 5.98. The van der Waals surface area contributed by atoms with Crippen molar-refractivity contribution in [3.8, 4) is 11.1 Å². The van der Waals surface area contributed by atoms with Crippen LogP contribution in [0.25, 0.3) is 11.1 Å². The first-order chi connectivity index (χ1) is 13.0. The average molecular weight is 363 g/mol. The Kier molecular flexibility index (Phi) is 5.30. The van der Waals surface area contributed by atoms with Crippen molar-refractivity contribution in [2.45, 2.75) is 13.8 Å². The van der Waals surface area contributed by atoms with Crippen LogP contribution in [-0.4, -0.2) is 33.1 Å². The SMILES string of the molecule is Cc1cncc(C)c1-c1ccc(NC(=O)CNC(=O)c2ccnn2C)cc1. The molecule has 0 aliphatic rings. The van der Waals surface area contributed by atoms with Crippen LogP contribution in [-0.2, 0) is 11.8 Å². The van der Waals surface area contributed by atoms with E-state index in [1.165, 1.54) is 10.9 Å². The standard InChI is InChI=1S/C20H21N5O2/c1-13-10-21-11-14(2)19(13)15-4-6-16(7-5-15)24-18(26)12-22-20(27)17-8-9-23-25(17)3/h4-11H,12H2,1-3H3,(H,22,27)(H,24,26). The summed E-state index contributed by atoms with van der Waals surface area (Å²) in [6.07, 6.45) is 5.20. The van der Waals surface area contributed by atoms with Crippen molar-refractivity contribution in [2.75, 3.05) is 11.9 Å². The number of pyridine rings is 1. The second kappa shape index (κ2) is 7.82. The van der Waals surface area contributed by atoms with Gasteiger partial charge in [-0.1, -0.05) is 12.1 Å². The summed E-state index contributed by atoms with van der Waals surface area (Å²) in [5.41, 5.74) is 5.48. The molecule has 138 valence electrons. The van der Waals surface area contributed by atoms with Gasteiger partial charge in [-0.2, -0.15) is 5.10 Å². The van der Waals surface area contributed by atoms with Gasteiger partial charge in [0.2, 0.25) is 5.91 Å². The van der Waals surface area contributed by atoms with Gasteiger partial charge < -0.3 is 10.6 Å². The zero-order chi connectivity index (χ0) is 19.4. The fourth-order valence-electron chi connectivity index (χ4n) is 2.93. The molecular weight excluding hydrogens is 342 g/mol. The molecule has 0 saturated heterocycles. The van der Waals surface area contributed by atoms with Gasteiger partial charge in [-0.05, 0) is 54.3 Å². The summed E-state index contributed by atoms with van der Waals surface area (Å²) in [5.74, 6) is -0.640. The third-order valence-electron chi connectivity index (χ3n) is 4.25. The molecule has 0 aliphatic heterocycles. The van der Waals surface area contributed by atoms with Crippen LogP contribution < -0.4 is 10.6 Å². The van der Waals surface area contributed by atoms with E-state index < -0.39 is 0 Å². The van der Waals surface area contributed by atoms with E-state index in [4.69, 9.17) is 0 Å². The number of anilines is 1. The molecule has 0 atom stereocenters. The Labute approximate surface area is 157 Å². The van der Waals surface area contributed by atoms with E-state index in [2.05, 4.69) is 20.7 Å². The number of hydrogen-bond acceptors (Lipinski definition) is 4. The molecule has 0 radical (unpaired) electrons. The molecule has 27 heavy (non-hydrogen) atoms. The predicted molar refractivity (Wildman–Crippen MR) is 103 cm³/mol. The summed E-state index contributed by atoms with van der Waals surface area (Å²) in [4.78, 5) is 28.3. The molecule has 7 nitrogen and oxygen atoms in total. The molecular formula is C20H21N5O2. The molecule has 0 unspecified atom stereocenters. The van der Waals surface area contributed by atoms with Gasteiger partial charge in [0.25, 0.3) is 5.91 Å². The fourth-order valence-corrected chi connectivity index (χ4v) is 2.93. The van der Waals surface area contributed by atoms with E-state index in [9.17, 15) is 9.59 Å². The Morgan fingerprint density at radius 3 is 2.30 bits per heavy atom. The van der Waals surface area contributed by atoms with Crippen LogP contribution in [0.15, 0.2) is 48.9 Å². The quantitative estimate of drug-likeness (QED) is 0.729. The van der Waals surface area contributed by atoms with Gasteiger partial charge in [-0.15, -0.1) is 0 Å². The first-order valence-corrected chi connectivity index (χ1v) is 8.53. The third kappa shape index (κ3) is 4.20. The predicted octanol–water partition coefficient (Wildman–Crippen LogP) is 2.47. The lowest BCUT2D eigenvalue weighted by molar-refractivity contribution is -0.115. The Morgan fingerprint density at radius 1 is 1.04 bits per heavy atom. The molecule has 0 spiro atoms. The first kappa shape index (κ1) is 18.3. The Balaban J connectivity index is 1.60. The third-order valence-corrected chi connectivity index (χ3v) is 4.25. The Morgan fingerprint density at radius 2 is 1.70 bits per heavy atom. The summed E-state index contributed by atoms with van der Waals surface area (Å²) in [7, 11) is 1.67. The number of nitrogens with zero attached hydrogens (tertiary/aromatic N) is 3. The maximum atomic E-state index is 12.1. The monoisotopic (exact) mass is 363 g/mol. The molecule has 0 aliphatic carbocycles. The summed E-state index contributed by atoms with van der Waals surface area (Å²) in [6, 6.07) is 9.19. The molecule has 1 aromatic carbocycles. The number of aromatic nitrogens is 3. The maximum Gasteiger partial charge on any atom is 0.269 e. The molecule has 2 aromatic heterocycles. The lowest BCUT2D eigenvalue weighted by Crippen LogP contribution is -2.33. The van der Waals surface area contributed by atoms with Crippen LogP contribution >= 0.6 is 0 Å². The van der Waals surface area contributed by atoms with Gasteiger partial charge in [0.1, 0.15) is 5.69 Å². The molecule has 0 fully saturated rings. The van der Waals surface area contributed by atoms with Crippen LogP contribution in [0.4, 0.5) is 5.69 Å². The minimum absolute atomic E-state index is 0.117. The van der Waals surface area contributed by atoms with Crippen molar-refractivity contribution in [3.05, 3.63) is 65.7 Å². The number of carbonyl (C=O) groups excluding carboxylic acids is 2. The zero-order valence-corrected chi connectivity index (χ0v) is 15.5. The zero-order valence-electron chi connectivity index (χ0n) is 15.5. The molecule has 2 amide bonds. The lowest BCUT2D eigenvalue weighted by atomic mass is 9.98. The highest BCUT2D eigenvalue weighted by Gasteiger charge is 2.12. The van der Waals surface area contributed by atoms with Gasteiger partial charge in [0, 0.05) is 31.3 Å². The summed E-state index contributed by atoms with van der Waals surface area (Å²) < 4.78 is 1.45. The van der Waals surface area contributed by atoms with Crippen molar-refractivity contribution < 1.29 is 9.59 Å². The van der Waals surface area contributed by atoms with Gasteiger partial charge in [0.05, 0.1) is 6.54 Å². The van der Waals surface area contributed by atoms with Crippen LogP contribution in [0.1, 0.15) is 21.6 Å². The Hall–Kier alpha value is -3.48. The molecule has 3 aromatic rings. The smallest absolute Gasteiger partial charge is 0.269 e. The van der Waals surface area contributed by atoms with E-state index in [-0.39, 0.29) is 18.4 Å². The van der Waals surface area contributed by atoms with Gasteiger partial charge in [-0.25, -0.2) is 0 Å². The Bertz CT molecular complexity index is 956. The number of carbonyl (C=O) groups is 2. The van der Waals surface area contributed by atoms with E-state index in [1.807, 2.05) is 50.5 Å². The van der Waals surface area contributed by atoms with Crippen LogP contribution in [0.5, 0.6) is 0 Å². The fraction of sp³-hybridized carbons (Fsp3) is 0.200.